The summed E-state index contributed by atoms with van der Waals surface area (Å²) in [6.45, 7) is 5.07. The molecule has 0 saturated heterocycles. The minimum absolute atomic E-state index is 0.00398. The van der Waals surface area contributed by atoms with Crippen LogP contribution in [0.5, 0.6) is 0 Å². The SMILES string of the molecule is CCC(CNC(=O)NC(C)(C)C(N)=O)CC(=O)O. The molecular weight excluding hydrogens is 238 g/mol. The van der Waals surface area contributed by atoms with Gasteiger partial charge >= 0.3 is 12.0 Å². The van der Waals surface area contributed by atoms with Crippen LogP contribution in [0.25, 0.3) is 0 Å². The number of hydrogen-bond acceptors (Lipinski definition) is 3. The van der Waals surface area contributed by atoms with E-state index in [1.807, 2.05) is 6.92 Å². The van der Waals surface area contributed by atoms with Crippen molar-refractivity contribution in [1.82, 2.24) is 10.6 Å². The van der Waals surface area contributed by atoms with Crippen molar-refractivity contribution in [3.8, 4) is 0 Å². The molecule has 18 heavy (non-hydrogen) atoms. The molecule has 7 heteroatoms. The summed E-state index contributed by atoms with van der Waals surface area (Å²) in [5.74, 6) is -1.68. The Hall–Kier alpha value is -1.79. The molecule has 7 nitrogen and oxygen atoms in total. The summed E-state index contributed by atoms with van der Waals surface area (Å²) in [7, 11) is 0. The molecule has 0 aliphatic carbocycles. The fourth-order valence-electron chi connectivity index (χ4n) is 1.23. The summed E-state index contributed by atoms with van der Waals surface area (Å²) in [6, 6.07) is -0.539. The van der Waals surface area contributed by atoms with Gasteiger partial charge in [0.2, 0.25) is 5.91 Å². The highest BCUT2D eigenvalue weighted by Gasteiger charge is 2.26. The molecule has 0 fully saturated rings. The van der Waals surface area contributed by atoms with E-state index in [0.717, 1.165) is 0 Å². The first-order valence-corrected chi connectivity index (χ1v) is 5.76. The second kappa shape index (κ2) is 6.83. The highest BCUT2D eigenvalue weighted by molar-refractivity contribution is 5.89. The predicted molar refractivity (Wildman–Crippen MR) is 65.8 cm³/mol. The van der Waals surface area contributed by atoms with Crippen molar-refractivity contribution in [2.24, 2.45) is 11.7 Å². The molecule has 0 aromatic heterocycles. The van der Waals surface area contributed by atoms with Gasteiger partial charge in [-0.05, 0) is 19.8 Å². The van der Waals surface area contributed by atoms with Crippen molar-refractivity contribution in [3.63, 3.8) is 0 Å². The standard InChI is InChI=1S/C11H21N3O4/c1-4-7(5-8(15)16)6-13-10(18)14-11(2,3)9(12)17/h7H,4-6H2,1-3H3,(H2,12,17)(H,15,16)(H2,13,14,18). The molecule has 0 bridgehead atoms. The number of nitrogens with one attached hydrogen (secondary N) is 2. The number of carboxylic acids is 1. The Morgan fingerprint density at radius 1 is 1.33 bits per heavy atom. The zero-order valence-corrected chi connectivity index (χ0v) is 10.9. The maximum atomic E-state index is 11.5. The number of primary amides is 1. The molecule has 1 unspecified atom stereocenters. The van der Waals surface area contributed by atoms with Crippen molar-refractivity contribution < 1.29 is 19.5 Å². The Morgan fingerprint density at radius 3 is 2.28 bits per heavy atom. The molecule has 5 N–H and O–H groups in total. The van der Waals surface area contributed by atoms with Gasteiger partial charge in [-0.3, -0.25) is 9.59 Å². The molecule has 0 rings (SSSR count). The summed E-state index contributed by atoms with van der Waals surface area (Å²) >= 11 is 0. The van der Waals surface area contributed by atoms with Gasteiger partial charge in [-0.25, -0.2) is 4.79 Å². The molecule has 0 radical (unpaired) electrons. The lowest BCUT2D eigenvalue weighted by atomic mass is 10.0. The van der Waals surface area contributed by atoms with Gasteiger partial charge in [0.1, 0.15) is 5.54 Å². The minimum Gasteiger partial charge on any atom is -0.481 e. The maximum Gasteiger partial charge on any atom is 0.315 e. The molecule has 0 aromatic rings. The molecule has 0 spiro atoms. The lowest BCUT2D eigenvalue weighted by Crippen LogP contribution is -2.56. The van der Waals surface area contributed by atoms with Gasteiger partial charge < -0.3 is 21.5 Å². The van der Waals surface area contributed by atoms with Crippen molar-refractivity contribution in [3.05, 3.63) is 0 Å². The number of urea groups is 1. The first-order chi connectivity index (χ1) is 8.19. The minimum atomic E-state index is -1.14. The lowest BCUT2D eigenvalue weighted by molar-refractivity contribution is -0.138. The van der Waals surface area contributed by atoms with E-state index in [1.54, 1.807) is 0 Å². The quantitative estimate of drug-likeness (QED) is 0.516. The Bertz CT molecular complexity index is 328. The number of aliphatic carboxylic acids is 1. The van der Waals surface area contributed by atoms with Crippen molar-refractivity contribution >= 4 is 17.9 Å². The molecule has 0 aliphatic rings. The Labute approximate surface area is 106 Å². The molecule has 104 valence electrons. The third kappa shape index (κ3) is 6.07. The van der Waals surface area contributed by atoms with Gasteiger partial charge in [0, 0.05) is 13.0 Å². The van der Waals surface area contributed by atoms with E-state index in [9.17, 15) is 14.4 Å². The summed E-state index contributed by atoms with van der Waals surface area (Å²) < 4.78 is 0. The number of carbonyl (C=O) groups is 3. The van der Waals surface area contributed by atoms with Gasteiger partial charge in [-0.2, -0.15) is 0 Å². The van der Waals surface area contributed by atoms with Gasteiger partial charge in [0.25, 0.3) is 0 Å². The van der Waals surface area contributed by atoms with Gasteiger partial charge in [-0.1, -0.05) is 13.3 Å². The van der Waals surface area contributed by atoms with E-state index in [4.69, 9.17) is 10.8 Å². The average Bonchev–Trinajstić information content (AvgIpc) is 2.22. The van der Waals surface area contributed by atoms with Gasteiger partial charge in [-0.15, -0.1) is 0 Å². The zero-order chi connectivity index (χ0) is 14.3. The number of nitrogens with two attached hydrogens (primary N) is 1. The molecule has 0 aliphatic heterocycles. The normalized spacial score (nSPS) is 12.6. The summed E-state index contributed by atoms with van der Waals surface area (Å²) in [5.41, 5.74) is 3.97. The third-order valence-electron chi connectivity index (χ3n) is 2.63. The first-order valence-electron chi connectivity index (χ1n) is 5.76. The van der Waals surface area contributed by atoms with Crippen LogP contribution in [0.2, 0.25) is 0 Å². The first kappa shape index (κ1) is 16.2. The molecule has 0 saturated carbocycles. The van der Waals surface area contributed by atoms with E-state index < -0.39 is 23.4 Å². The largest absolute Gasteiger partial charge is 0.481 e. The van der Waals surface area contributed by atoms with E-state index >= 15 is 0 Å². The number of hydrogen-bond donors (Lipinski definition) is 4. The molecule has 0 heterocycles. The van der Waals surface area contributed by atoms with E-state index in [-0.39, 0.29) is 18.9 Å². The van der Waals surface area contributed by atoms with Crippen LogP contribution in [0.1, 0.15) is 33.6 Å². The molecular formula is C11H21N3O4. The maximum absolute atomic E-state index is 11.5. The average molecular weight is 259 g/mol. The van der Waals surface area contributed by atoms with Crippen LogP contribution in [0.3, 0.4) is 0 Å². The van der Waals surface area contributed by atoms with E-state index in [1.165, 1.54) is 13.8 Å². The highest BCUT2D eigenvalue weighted by atomic mass is 16.4. The monoisotopic (exact) mass is 259 g/mol. The Kier molecular flexibility index (Phi) is 6.15. The zero-order valence-electron chi connectivity index (χ0n) is 10.9. The smallest absolute Gasteiger partial charge is 0.315 e. The number of amides is 3. The summed E-state index contributed by atoms with van der Waals surface area (Å²) in [6.07, 6.45) is 0.641. The number of carboxylic acid groups (broad SMARTS) is 1. The lowest BCUT2D eigenvalue weighted by Gasteiger charge is -2.23. The predicted octanol–water partition coefficient (Wildman–Crippen LogP) is 0.0504. The van der Waals surface area contributed by atoms with Crippen LogP contribution in [0.15, 0.2) is 0 Å². The van der Waals surface area contributed by atoms with Crippen LogP contribution in [-0.4, -0.2) is 35.1 Å². The van der Waals surface area contributed by atoms with Crippen LogP contribution < -0.4 is 16.4 Å². The fourth-order valence-corrected chi connectivity index (χ4v) is 1.23. The van der Waals surface area contributed by atoms with Crippen molar-refractivity contribution in [2.75, 3.05) is 6.54 Å². The van der Waals surface area contributed by atoms with E-state index in [0.29, 0.717) is 6.42 Å². The topological polar surface area (TPSA) is 122 Å². The van der Waals surface area contributed by atoms with Gasteiger partial charge in [0.05, 0.1) is 0 Å². The second-order valence-corrected chi connectivity index (χ2v) is 4.70. The summed E-state index contributed by atoms with van der Waals surface area (Å²) in [4.78, 5) is 33.0. The van der Waals surface area contributed by atoms with E-state index in [2.05, 4.69) is 10.6 Å². The third-order valence-corrected chi connectivity index (χ3v) is 2.63. The Morgan fingerprint density at radius 2 is 1.89 bits per heavy atom. The van der Waals surface area contributed by atoms with Gasteiger partial charge in [0.15, 0.2) is 0 Å². The number of carbonyl (C=O) groups excluding carboxylic acids is 2. The van der Waals surface area contributed by atoms with Crippen LogP contribution in [-0.2, 0) is 9.59 Å². The number of rotatable bonds is 7. The molecule has 3 amide bonds. The van der Waals surface area contributed by atoms with Crippen LogP contribution in [0.4, 0.5) is 4.79 Å². The molecule has 1 atom stereocenters. The van der Waals surface area contributed by atoms with Crippen molar-refractivity contribution in [2.45, 2.75) is 39.2 Å². The molecule has 0 aromatic carbocycles. The van der Waals surface area contributed by atoms with Crippen LogP contribution in [0, 0.1) is 5.92 Å². The Balaban J connectivity index is 4.17. The summed E-state index contributed by atoms with van der Waals surface area (Å²) in [5, 5.41) is 13.6. The second-order valence-electron chi connectivity index (χ2n) is 4.70. The van der Waals surface area contributed by atoms with Crippen molar-refractivity contribution in [1.29, 1.82) is 0 Å². The highest BCUT2D eigenvalue weighted by Crippen LogP contribution is 2.06. The van der Waals surface area contributed by atoms with Crippen LogP contribution >= 0.6 is 0 Å². The fraction of sp³-hybridized carbons (Fsp3) is 0.727.